The zero-order chi connectivity index (χ0) is 22.6. The summed E-state index contributed by atoms with van der Waals surface area (Å²) < 4.78 is 0. The second-order valence-electron chi connectivity index (χ2n) is 7.67. The molecule has 1 aromatic heterocycles. The minimum atomic E-state index is -0.133. The lowest BCUT2D eigenvalue weighted by molar-refractivity contribution is -0.139. The summed E-state index contributed by atoms with van der Waals surface area (Å²) in [4.78, 5) is 30.9. The number of hydrogen-bond donors (Lipinski definition) is 0. The summed E-state index contributed by atoms with van der Waals surface area (Å²) in [6.07, 6.45) is 5.20. The normalized spacial score (nSPS) is 10.9. The fourth-order valence-electron chi connectivity index (χ4n) is 3.34. The van der Waals surface area contributed by atoms with Crippen LogP contribution in [0.4, 0.5) is 0 Å². The van der Waals surface area contributed by atoms with Gasteiger partial charge in [0.1, 0.15) is 6.54 Å². The highest BCUT2D eigenvalue weighted by molar-refractivity contribution is 7.09. The van der Waals surface area contributed by atoms with Crippen LogP contribution in [0.1, 0.15) is 35.8 Å². The number of benzene rings is 2. The lowest BCUT2D eigenvalue weighted by atomic mass is 10.2. The minimum absolute atomic E-state index is 0.0418. The average Bonchev–Trinajstić information content (AvgIpc) is 3.34. The van der Waals surface area contributed by atoms with Crippen molar-refractivity contribution in [3.63, 3.8) is 0 Å². The third-order valence-corrected chi connectivity index (χ3v) is 5.99. The predicted octanol–water partition coefficient (Wildman–Crippen LogP) is 5.62. The highest BCUT2D eigenvalue weighted by Crippen LogP contribution is 2.15. The number of rotatable bonds is 11. The first-order chi connectivity index (χ1) is 15.7. The van der Waals surface area contributed by atoms with Crippen LogP contribution < -0.4 is 0 Å². The standard InChI is InChI=1S/C27H30N2O2S/c1-2-3-18-28(26(30)17-16-23-11-6-4-7-12-23)22-27(31)29(21-25-15-10-19-32-25)20-24-13-8-5-9-14-24/h4-17,19H,2-3,18,20-22H2,1H3/b17-16+. The van der Waals surface area contributed by atoms with Gasteiger partial charge in [-0.2, -0.15) is 0 Å². The maximum absolute atomic E-state index is 13.3. The van der Waals surface area contributed by atoms with Crippen molar-refractivity contribution in [2.45, 2.75) is 32.9 Å². The quantitative estimate of drug-likeness (QED) is 0.359. The molecule has 0 saturated carbocycles. The fourth-order valence-corrected chi connectivity index (χ4v) is 4.06. The molecule has 4 nitrogen and oxygen atoms in total. The van der Waals surface area contributed by atoms with Crippen LogP contribution in [0.5, 0.6) is 0 Å². The van der Waals surface area contributed by atoms with Crippen LogP contribution in [0.15, 0.2) is 84.3 Å². The SMILES string of the molecule is CCCCN(CC(=O)N(Cc1ccccc1)Cc1cccs1)C(=O)/C=C/c1ccccc1. The molecule has 0 N–H and O–H groups in total. The largest absolute Gasteiger partial charge is 0.332 e. The average molecular weight is 447 g/mol. The molecule has 0 atom stereocenters. The molecule has 0 aliphatic rings. The summed E-state index contributed by atoms with van der Waals surface area (Å²) in [6, 6.07) is 23.7. The van der Waals surface area contributed by atoms with Crippen LogP contribution >= 0.6 is 11.3 Å². The van der Waals surface area contributed by atoms with E-state index >= 15 is 0 Å². The first kappa shape index (κ1) is 23.5. The van der Waals surface area contributed by atoms with E-state index in [1.807, 2.05) is 83.1 Å². The highest BCUT2D eigenvalue weighted by Gasteiger charge is 2.21. The van der Waals surface area contributed by atoms with E-state index in [9.17, 15) is 9.59 Å². The van der Waals surface area contributed by atoms with Crippen molar-refractivity contribution >= 4 is 29.2 Å². The molecule has 2 amide bonds. The van der Waals surface area contributed by atoms with Gasteiger partial charge < -0.3 is 9.80 Å². The molecule has 32 heavy (non-hydrogen) atoms. The Morgan fingerprint density at radius 3 is 2.25 bits per heavy atom. The summed E-state index contributed by atoms with van der Waals surface area (Å²) in [5, 5.41) is 2.02. The maximum Gasteiger partial charge on any atom is 0.247 e. The maximum atomic E-state index is 13.3. The molecule has 0 saturated heterocycles. The van der Waals surface area contributed by atoms with Gasteiger partial charge >= 0.3 is 0 Å². The zero-order valence-corrected chi connectivity index (χ0v) is 19.3. The molecular weight excluding hydrogens is 416 g/mol. The summed E-state index contributed by atoms with van der Waals surface area (Å²) in [7, 11) is 0. The van der Waals surface area contributed by atoms with E-state index in [0.29, 0.717) is 19.6 Å². The van der Waals surface area contributed by atoms with E-state index in [2.05, 4.69) is 6.92 Å². The third kappa shape index (κ3) is 7.50. The minimum Gasteiger partial charge on any atom is -0.332 e. The number of hydrogen-bond acceptors (Lipinski definition) is 3. The number of unbranched alkanes of at least 4 members (excludes halogenated alkanes) is 1. The van der Waals surface area contributed by atoms with Gasteiger partial charge in [0.25, 0.3) is 0 Å². The first-order valence-corrected chi connectivity index (χ1v) is 11.9. The predicted molar refractivity (Wildman–Crippen MR) is 132 cm³/mol. The number of carbonyl (C=O) groups is 2. The molecule has 0 bridgehead atoms. The van der Waals surface area contributed by atoms with Crippen molar-refractivity contribution < 1.29 is 9.59 Å². The Balaban J connectivity index is 1.72. The number of thiophene rings is 1. The van der Waals surface area contributed by atoms with Gasteiger partial charge in [-0.15, -0.1) is 11.3 Å². The molecule has 1 heterocycles. The van der Waals surface area contributed by atoms with Gasteiger partial charge in [0.05, 0.1) is 6.54 Å². The molecule has 0 aliphatic heterocycles. The molecule has 0 aliphatic carbocycles. The van der Waals surface area contributed by atoms with E-state index in [1.54, 1.807) is 28.4 Å². The monoisotopic (exact) mass is 446 g/mol. The molecule has 0 unspecified atom stereocenters. The summed E-state index contributed by atoms with van der Waals surface area (Å²) in [5.74, 6) is -0.175. The summed E-state index contributed by atoms with van der Waals surface area (Å²) >= 11 is 1.64. The van der Waals surface area contributed by atoms with Gasteiger partial charge in [-0.1, -0.05) is 80.1 Å². The Morgan fingerprint density at radius 1 is 0.875 bits per heavy atom. The fraction of sp³-hybridized carbons (Fsp3) is 0.259. The van der Waals surface area contributed by atoms with Crippen LogP contribution in [0, 0.1) is 0 Å². The molecule has 3 aromatic rings. The van der Waals surface area contributed by atoms with Gasteiger partial charge in [-0.25, -0.2) is 0 Å². The molecule has 0 spiro atoms. The van der Waals surface area contributed by atoms with E-state index in [1.165, 1.54) is 0 Å². The molecule has 0 radical (unpaired) electrons. The van der Waals surface area contributed by atoms with E-state index in [-0.39, 0.29) is 18.4 Å². The van der Waals surface area contributed by atoms with E-state index in [4.69, 9.17) is 0 Å². The Hall–Kier alpha value is -3.18. The first-order valence-electron chi connectivity index (χ1n) is 11.0. The topological polar surface area (TPSA) is 40.6 Å². The van der Waals surface area contributed by atoms with Crippen molar-refractivity contribution in [1.29, 1.82) is 0 Å². The van der Waals surface area contributed by atoms with E-state index < -0.39 is 0 Å². The van der Waals surface area contributed by atoms with Crippen LogP contribution in [-0.2, 0) is 22.7 Å². The molecular formula is C27H30N2O2S. The lowest BCUT2D eigenvalue weighted by Crippen LogP contribution is -2.42. The number of carbonyl (C=O) groups excluding carboxylic acids is 2. The van der Waals surface area contributed by atoms with Crippen molar-refractivity contribution in [2.24, 2.45) is 0 Å². The van der Waals surface area contributed by atoms with Gasteiger partial charge in [0.15, 0.2) is 0 Å². The van der Waals surface area contributed by atoms with Crippen LogP contribution in [0.3, 0.4) is 0 Å². The second kappa shape index (κ2) is 12.6. The van der Waals surface area contributed by atoms with Crippen molar-refractivity contribution in [3.05, 3.63) is 100 Å². The molecule has 0 fully saturated rings. The Bertz CT molecular complexity index is 985. The Kier molecular flexibility index (Phi) is 9.26. The van der Waals surface area contributed by atoms with Crippen molar-refractivity contribution in [3.8, 4) is 0 Å². The van der Waals surface area contributed by atoms with Crippen molar-refractivity contribution in [2.75, 3.05) is 13.1 Å². The number of amides is 2. The van der Waals surface area contributed by atoms with Gasteiger partial charge in [0, 0.05) is 24.0 Å². The van der Waals surface area contributed by atoms with Gasteiger partial charge in [-0.05, 0) is 35.1 Å². The van der Waals surface area contributed by atoms with Crippen LogP contribution in [0.2, 0.25) is 0 Å². The smallest absolute Gasteiger partial charge is 0.247 e. The van der Waals surface area contributed by atoms with Crippen LogP contribution in [-0.4, -0.2) is 34.7 Å². The highest BCUT2D eigenvalue weighted by atomic mass is 32.1. The molecule has 3 rings (SSSR count). The lowest BCUT2D eigenvalue weighted by Gasteiger charge is -2.27. The Labute approximate surface area is 194 Å². The van der Waals surface area contributed by atoms with E-state index in [0.717, 1.165) is 28.8 Å². The van der Waals surface area contributed by atoms with Gasteiger partial charge in [-0.3, -0.25) is 9.59 Å². The molecule has 5 heteroatoms. The summed E-state index contributed by atoms with van der Waals surface area (Å²) in [5.41, 5.74) is 2.04. The third-order valence-electron chi connectivity index (χ3n) is 5.13. The van der Waals surface area contributed by atoms with Gasteiger partial charge in [0.2, 0.25) is 11.8 Å². The Morgan fingerprint density at radius 2 is 1.59 bits per heavy atom. The number of nitrogens with zero attached hydrogens (tertiary/aromatic N) is 2. The van der Waals surface area contributed by atoms with Crippen LogP contribution in [0.25, 0.3) is 6.08 Å². The zero-order valence-electron chi connectivity index (χ0n) is 18.5. The second-order valence-corrected chi connectivity index (χ2v) is 8.70. The summed E-state index contributed by atoms with van der Waals surface area (Å²) in [6.45, 7) is 3.80. The van der Waals surface area contributed by atoms with Crippen molar-refractivity contribution in [1.82, 2.24) is 9.80 Å². The molecule has 2 aromatic carbocycles. The molecule has 166 valence electrons.